The number of aryl methyl sites for hydroxylation is 1. The first-order valence-electron chi connectivity index (χ1n) is 8.02. The molecule has 0 aliphatic carbocycles. The summed E-state index contributed by atoms with van der Waals surface area (Å²) in [5, 5.41) is 0. The second kappa shape index (κ2) is 6.83. The number of carbonyl (C=O) groups excluding carboxylic acids is 1. The van der Waals surface area contributed by atoms with E-state index in [0.717, 1.165) is 22.4 Å². The number of nitrogens with zero attached hydrogens (tertiary/aromatic N) is 3. The number of rotatable bonds is 5. The van der Waals surface area contributed by atoms with Crippen LogP contribution in [0.5, 0.6) is 0 Å². The molecule has 3 aromatic rings. The summed E-state index contributed by atoms with van der Waals surface area (Å²) < 4.78 is 15.3. The van der Waals surface area contributed by atoms with Crippen LogP contribution in [0.25, 0.3) is 11.0 Å². The van der Waals surface area contributed by atoms with Gasteiger partial charge in [0.25, 0.3) is 0 Å². The Kier molecular flexibility index (Phi) is 4.60. The van der Waals surface area contributed by atoms with Crippen molar-refractivity contribution in [1.29, 1.82) is 0 Å². The summed E-state index contributed by atoms with van der Waals surface area (Å²) in [7, 11) is 0. The number of carbonyl (C=O) groups is 1. The molecule has 0 atom stereocenters. The summed E-state index contributed by atoms with van der Waals surface area (Å²) in [6, 6.07) is 14.1. The molecular weight excluding hydrogens is 305 g/mol. The fraction of sp³-hybridized carbons (Fsp3) is 0.263. The van der Waals surface area contributed by atoms with E-state index in [-0.39, 0.29) is 18.3 Å². The Morgan fingerprint density at radius 1 is 1.21 bits per heavy atom. The lowest BCUT2D eigenvalue weighted by Crippen LogP contribution is -2.33. The summed E-state index contributed by atoms with van der Waals surface area (Å²) in [6.45, 7) is 5.03. The number of aromatic nitrogens is 2. The van der Waals surface area contributed by atoms with Crippen molar-refractivity contribution < 1.29 is 9.18 Å². The summed E-state index contributed by atoms with van der Waals surface area (Å²) in [4.78, 5) is 18.9. The maximum atomic E-state index is 13.3. The molecule has 5 heteroatoms. The van der Waals surface area contributed by atoms with Crippen molar-refractivity contribution >= 4 is 16.9 Å². The first-order valence-corrected chi connectivity index (χ1v) is 8.02. The minimum atomic E-state index is -0.285. The van der Waals surface area contributed by atoms with E-state index in [1.54, 1.807) is 11.0 Å². The molecule has 3 rings (SSSR count). The van der Waals surface area contributed by atoms with Gasteiger partial charge in [0.1, 0.15) is 18.2 Å². The molecule has 0 fully saturated rings. The molecule has 2 aromatic carbocycles. The lowest BCUT2D eigenvalue weighted by molar-refractivity contribution is -0.132. The molecule has 1 amide bonds. The topological polar surface area (TPSA) is 38.1 Å². The highest BCUT2D eigenvalue weighted by molar-refractivity contribution is 5.81. The van der Waals surface area contributed by atoms with Crippen LogP contribution in [-0.2, 0) is 17.9 Å². The molecule has 1 heterocycles. The van der Waals surface area contributed by atoms with Crippen LogP contribution in [0.2, 0.25) is 0 Å². The van der Waals surface area contributed by atoms with Crippen molar-refractivity contribution in [2.24, 2.45) is 0 Å². The molecule has 1 aromatic heterocycles. The molecule has 0 bridgehead atoms. The quantitative estimate of drug-likeness (QED) is 0.720. The fourth-order valence-corrected chi connectivity index (χ4v) is 2.86. The van der Waals surface area contributed by atoms with Crippen LogP contribution in [0.15, 0.2) is 48.5 Å². The Balaban J connectivity index is 1.80. The molecule has 0 aliphatic heterocycles. The number of fused-ring (bicyclic) bond motifs is 1. The third-order valence-corrected chi connectivity index (χ3v) is 4.14. The smallest absolute Gasteiger partial charge is 0.242 e. The SMILES string of the molecule is CCN(Cc1cccc(F)c1)C(=O)Cn1c(C)nc2ccccc21. The molecule has 4 nitrogen and oxygen atoms in total. The predicted molar refractivity (Wildman–Crippen MR) is 92.0 cm³/mol. The van der Waals surface area contributed by atoms with Gasteiger partial charge in [-0.05, 0) is 43.7 Å². The Bertz CT molecular complexity index is 872. The minimum Gasteiger partial charge on any atom is -0.337 e. The van der Waals surface area contributed by atoms with Gasteiger partial charge in [0.05, 0.1) is 11.0 Å². The number of benzene rings is 2. The first kappa shape index (κ1) is 16.2. The molecule has 124 valence electrons. The van der Waals surface area contributed by atoms with Gasteiger partial charge in [0, 0.05) is 13.1 Å². The summed E-state index contributed by atoms with van der Waals surface area (Å²) in [6.07, 6.45) is 0. The van der Waals surface area contributed by atoms with Crippen LogP contribution in [-0.4, -0.2) is 26.9 Å². The number of hydrogen-bond acceptors (Lipinski definition) is 2. The van der Waals surface area contributed by atoms with E-state index in [1.165, 1.54) is 12.1 Å². The van der Waals surface area contributed by atoms with Crippen molar-refractivity contribution in [3.8, 4) is 0 Å². The van der Waals surface area contributed by atoms with Crippen LogP contribution in [0.4, 0.5) is 4.39 Å². The highest BCUT2D eigenvalue weighted by atomic mass is 19.1. The number of amides is 1. The second-order valence-electron chi connectivity index (χ2n) is 5.77. The van der Waals surface area contributed by atoms with E-state index in [4.69, 9.17) is 0 Å². The van der Waals surface area contributed by atoms with Gasteiger partial charge >= 0.3 is 0 Å². The maximum Gasteiger partial charge on any atom is 0.242 e. The summed E-state index contributed by atoms with van der Waals surface area (Å²) >= 11 is 0. The van der Waals surface area contributed by atoms with E-state index in [1.807, 2.05) is 48.7 Å². The van der Waals surface area contributed by atoms with E-state index >= 15 is 0 Å². The van der Waals surface area contributed by atoms with Gasteiger partial charge in [-0.3, -0.25) is 4.79 Å². The van der Waals surface area contributed by atoms with Gasteiger partial charge < -0.3 is 9.47 Å². The van der Waals surface area contributed by atoms with Crippen LogP contribution < -0.4 is 0 Å². The average Bonchev–Trinajstić information content (AvgIpc) is 2.88. The molecule has 0 radical (unpaired) electrons. The van der Waals surface area contributed by atoms with Crippen LogP contribution in [0, 0.1) is 12.7 Å². The van der Waals surface area contributed by atoms with Gasteiger partial charge in [0.2, 0.25) is 5.91 Å². The Labute approximate surface area is 140 Å². The van der Waals surface area contributed by atoms with Gasteiger partial charge in [-0.15, -0.1) is 0 Å². The lowest BCUT2D eigenvalue weighted by Gasteiger charge is -2.22. The number of halogens is 1. The van der Waals surface area contributed by atoms with E-state index in [9.17, 15) is 9.18 Å². The molecule has 0 N–H and O–H groups in total. The third kappa shape index (κ3) is 3.30. The maximum absolute atomic E-state index is 13.3. The largest absolute Gasteiger partial charge is 0.337 e. The fourth-order valence-electron chi connectivity index (χ4n) is 2.86. The van der Waals surface area contributed by atoms with E-state index < -0.39 is 0 Å². The Morgan fingerprint density at radius 3 is 2.75 bits per heavy atom. The second-order valence-corrected chi connectivity index (χ2v) is 5.77. The Hall–Kier alpha value is -2.69. The Morgan fingerprint density at radius 2 is 2.00 bits per heavy atom. The first-order chi connectivity index (χ1) is 11.6. The van der Waals surface area contributed by atoms with Crippen LogP contribution in [0.3, 0.4) is 0 Å². The van der Waals surface area contributed by atoms with Crippen molar-refractivity contribution in [3.05, 3.63) is 65.7 Å². The number of hydrogen-bond donors (Lipinski definition) is 0. The molecule has 0 spiro atoms. The van der Waals surface area contributed by atoms with E-state index in [0.29, 0.717) is 13.1 Å². The highest BCUT2D eigenvalue weighted by Crippen LogP contribution is 2.16. The summed E-state index contributed by atoms with van der Waals surface area (Å²) in [5.74, 6) is 0.520. The number of para-hydroxylation sites is 2. The molecule has 0 aliphatic rings. The van der Waals surface area contributed by atoms with Gasteiger partial charge in [-0.25, -0.2) is 9.37 Å². The van der Waals surface area contributed by atoms with Gasteiger partial charge in [-0.2, -0.15) is 0 Å². The predicted octanol–water partition coefficient (Wildman–Crippen LogP) is 3.53. The van der Waals surface area contributed by atoms with Crippen LogP contribution in [0.1, 0.15) is 18.3 Å². The number of imidazole rings is 1. The van der Waals surface area contributed by atoms with Crippen molar-refractivity contribution in [2.75, 3.05) is 6.54 Å². The lowest BCUT2D eigenvalue weighted by atomic mass is 10.2. The monoisotopic (exact) mass is 325 g/mol. The van der Waals surface area contributed by atoms with Crippen molar-refractivity contribution in [2.45, 2.75) is 26.9 Å². The molecule has 24 heavy (non-hydrogen) atoms. The van der Waals surface area contributed by atoms with Gasteiger partial charge in [0.15, 0.2) is 0 Å². The normalized spacial score (nSPS) is 11.0. The zero-order valence-electron chi connectivity index (χ0n) is 13.9. The van der Waals surface area contributed by atoms with Crippen LogP contribution >= 0.6 is 0 Å². The van der Waals surface area contributed by atoms with Gasteiger partial charge in [-0.1, -0.05) is 24.3 Å². The molecular formula is C19H20FN3O. The molecule has 0 saturated carbocycles. The average molecular weight is 325 g/mol. The summed E-state index contributed by atoms with van der Waals surface area (Å²) in [5.41, 5.74) is 2.62. The van der Waals surface area contributed by atoms with Crippen molar-refractivity contribution in [3.63, 3.8) is 0 Å². The molecule has 0 unspecified atom stereocenters. The number of likely N-dealkylation sites (N-methyl/N-ethyl adjacent to an activating group) is 1. The third-order valence-electron chi connectivity index (χ3n) is 4.14. The van der Waals surface area contributed by atoms with Crippen molar-refractivity contribution in [1.82, 2.24) is 14.5 Å². The zero-order valence-corrected chi connectivity index (χ0v) is 13.9. The minimum absolute atomic E-state index is 0.00647. The van der Waals surface area contributed by atoms with E-state index in [2.05, 4.69) is 4.98 Å². The standard InChI is InChI=1S/C19H20FN3O/c1-3-22(12-15-7-6-8-16(20)11-15)19(24)13-23-14(2)21-17-9-4-5-10-18(17)23/h4-11H,3,12-13H2,1-2H3. The highest BCUT2D eigenvalue weighted by Gasteiger charge is 2.16. The zero-order chi connectivity index (χ0) is 17.1. The molecule has 0 saturated heterocycles.